The molecule has 1 saturated carbocycles. The summed E-state index contributed by atoms with van der Waals surface area (Å²) < 4.78 is 8.82. The van der Waals surface area contributed by atoms with E-state index in [0.717, 1.165) is 35.7 Å². The average molecular weight is 436 g/mol. The summed E-state index contributed by atoms with van der Waals surface area (Å²) in [6.45, 7) is 6.76. The zero-order valence-electron chi connectivity index (χ0n) is 19.4. The molecule has 7 heteroatoms. The van der Waals surface area contributed by atoms with E-state index < -0.39 is 0 Å². The first-order chi connectivity index (χ1) is 15.4. The molecule has 0 saturated heterocycles. The summed E-state index contributed by atoms with van der Waals surface area (Å²) in [5.41, 5.74) is 3.27. The van der Waals surface area contributed by atoms with Crippen LogP contribution in [0.1, 0.15) is 45.1 Å². The van der Waals surface area contributed by atoms with E-state index in [-0.39, 0.29) is 11.8 Å². The number of hydrogen-bond acceptors (Lipinski definition) is 5. The lowest BCUT2D eigenvalue weighted by atomic mass is 9.87. The number of hydrogen-bond donors (Lipinski definition) is 1. The minimum atomic E-state index is -0.108. The average Bonchev–Trinajstić information content (AvgIpc) is 3.11. The topological polar surface area (TPSA) is 74.0 Å². The van der Waals surface area contributed by atoms with Gasteiger partial charge in [-0.1, -0.05) is 19.1 Å². The van der Waals surface area contributed by atoms with Gasteiger partial charge in [-0.15, -0.1) is 0 Å². The van der Waals surface area contributed by atoms with Gasteiger partial charge in [0.15, 0.2) is 0 Å². The van der Waals surface area contributed by atoms with Crippen molar-refractivity contribution in [1.82, 2.24) is 19.1 Å². The van der Waals surface area contributed by atoms with Crippen molar-refractivity contribution in [3.63, 3.8) is 0 Å². The molecule has 1 aliphatic carbocycles. The predicted molar refractivity (Wildman–Crippen MR) is 127 cm³/mol. The molecule has 0 spiro atoms. The molecule has 1 N–H and O–H groups in total. The number of anilines is 1. The zero-order valence-corrected chi connectivity index (χ0v) is 19.4. The Hall–Kier alpha value is -2.93. The van der Waals surface area contributed by atoms with Gasteiger partial charge in [-0.05, 0) is 69.2 Å². The Morgan fingerprint density at radius 2 is 2.00 bits per heavy atom. The van der Waals surface area contributed by atoms with Crippen molar-refractivity contribution in [1.29, 1.82) is 0 Å². The molecule has 3 aromatic rings. The number of ether oxygens (including phenoxy) is 1. The second kappa shape index (κ2) is 9.69. The Labute approximate surface area is 189 Å². The van der Waals surface area contributed by atoms with Crippen LogP contribution in [-0.4, -0.2) is 38.4 Å². The zero-order chi connectivity index (χ0) is 22.7. The van der Waals surface area contributed by atoms with E-state index >= 15 is 0 Å². The Kier molecular flexibility index (Phi) is 6.74. The third kappa shape index (κ3) is 4.93. The molecule has 2 aromatic heterocycles. The van der Waals surface area contributed by atoms with E-state index in [1.54, 1.807) is 22.4 Å². The van der Waals surface area contributed by atoms with Gasteiger partial charge in [0.1, 0.15) is 0 Å². The van der Waals surface area contributed by atoms with E-state index in [1.807, 2.05) is 50.4 Å². The van der Waals surface area contributed by atoms with Crippen LogP contribution in [0, 0.1) is 12.8 Å². The highest BCUT2D eigenvalue weighted by atomic mass is 16.5. The number of aryl methyl sites for hydroxylation is 1. The SMILES string of the molecule is COC(C)Cn1cc(-c2ccnc(NC3CCC(C)CC3)n2)n(-c2cccc(C)c2)c1=O. The summed E-state index contributed by atoms with van der Waals surface area (Å²) in [6, 6.07) is 10.2. The molecule has 0 amide bonds. The van der Waals surface area contributed by atoms with Crippen molar-refractivity contribution in [2.45, 2.75) is 65.1 Å². The second-order valence-electron chi connectivity index (χ2n) is 9.04. The molecular formula is C25H33N5O2. The van der Waals surface area contributed by atoms with Crippen molar-refractivity contribution in [3.05, 3.63) is 58.8 Å². The maximum absolute atomic E-state index is 13.4. The number of imidazole rings is 1. The van der Waals surface area contributed by atoms with Gasteiger partial charge in [-0.25, -0.2) is 14.8 Å². The van der Waals surface area contributed by atoms with Gasteiger partial charge in [-0.3, -0.25) is 9.13 Å². The molecule has 1 unspecified atom stereocenters. The van der Waals surface area contributed by atoms with Crippen LogP contribution in [0.4, 0.5) is 5.95 Å². The van der Waals surface area contributed by atoms with Gasteiger partial charge in [-0.2, -0.15) is 0 Å². The number of rotatable bonds is 7. The number of methoxy groups -OCH3 is 1. The monoisotopic (exact) mass is 435 g/mol. The molecule has 2 heterocycles. The van der Waals surface area contributed by atoms with Gasteiger partial charge in [0.2, 0.25) is 5.95 Å². The summed E-state index contributed by atoms with van der Waals surface area (Å²) in [5, 5.41) is 3.51. The van der Waals surface area contributed by atoms with Crippen LogP contribution in [0.25, 0.3) is 17.1 Å². The molecule has 32 heavy (non-hydrogen) atoms. The highest BCUT2D eigenvalue weighted by Crippen LogP contribution is 2.26. The maximum Gasteiger partial charge on any atom is 0.333 e. The predicted octanol–water partition coefficient (Wildman–Crippen LogP) is 4.43. The summed E-state index contributed by atoms with van der Waals surface area (Å²) in [4.78, 5) is 22.6. The molecule has 170 valence electrons. The Morgan fingerprint density at radius 1 is 1.22 bits per heavy atom. The fourth-order valence-corrected chi connectivity index (χ4v) is 4.33. The van der Waals surface area contributed by atoms with Crippen molar-refractivity contribution in [3.8, 4) is 17.1 Å². The van der Waals surface area contributed by atoms with Crippen LogP contribution in [0.5, 0.6) is 0 Å². The molecule has 1 aliphatic rings. The third-order valence-corrected chi connectivity index (χ3v) is 6.34. The standard InChI is InChI=1S/C25H33N5O2/c1-17-8-10-20(11-9-17)27-24-26-13-12-22(28-24)23-16-29(15-19(3)32-4)25(31)30(23)21-7-5-6-18(2)14-21/h5-7,12-14,16-17,19-20H,8-11,15H2,1-4H3,(H,26,27,28). The third-order valence-electron chi connectivity index (χ3n) is 6.34. The van der Waals surface area contributed by atoms with Gasteiger partial charge in [0.05, 0.1) is 29.7 Å². The summed E-state index contributed by atoms with van der Waals surface area (Å²) in [5.74, 6) is 1.40. The van der Waals surface area contributed by atoms with E-state index in [4.69, 9.17) is 9.72 Å². The number of nitrogens with one attached hydrogen (secondary N) is 1. The van der Waals surface area contributed by atoms with Crippen LogP contribution in [0.15, 0.2) is 47.5 Å². The lowest BCUT2D eigenvalue weighted by molar-refractivity contribution is 0.102. The second-order valence-corrected chi connectivity index (χ2v) is 9.04. The van der Waals surface area contributed by atoms with Gasteiger partial charge >= 0.3 is 5.69 Å². The highest BCUT2D eigenvalue weighted by molar-refractivity contribution is 5.59. The molecule has 0 radical (unpaired) electrons. The molecular weight excluding hydrogens is 402 g/mol. The van der Waals surface area contributed by atoms with Crippen LogP contribution in [0.2, 0.25) is 0 Å². The van der Waals surface area contributed by atoms with E-state index in [1.165, 1.54) is 12.8 Å². The number of benzene rings is 1. The molecule has 1 atom stereocenters. The smallest absolute Gasteiger partial charge is 0.333 e. The van der Waals surface area contributed by atoms with Gasteiger partial charge in [0, 0.05) is 25.5 Å². The molecule has 4 rings (SSSR count). The van der Waals surface area contributed by atoms with E-state index in [0.29, 0.717) is 24.2 Å². The Bertz CT molecular complexity index is 1110. The highest BCUT2D eigenvalue weighted by Gasteiger charge is 2.20. The van der Waals surface area contributed by atoms with Crippen molar-refractivity contribution in [2.24, 2.45) is 5.92 Å². The fraction of sp³-hybridized carbons (Fsp3) is 0.480. The quantitative estimate of drug-likeness (QED) is 0.594. The first kappa shape index (κ1) is 22.3. The Morgan fingerprint density at radius 3 is 2.72 bits per heavy atom. The fourth-order valence-electron chi connectivity index (χ4n) is 4.33. The number of nitrogens with zero attached hydrogens (tertiary/aromatic N) is 4. The van der Waals surface area contributed by atoms with Crippen molar-refractivity contribution >= 4 is 5.95 Å². The summed E-state index contributed by atoms with van der Waals surface area (Å²) in [7, 11) is 1.66. The number of aromatic nitrogens is 4. The van der Waals surface area contributed by atoms with Crippen LogP contribution in [0.3, 0.4) is 0 Å². The summed E-state index contributed by atoms with van der Waals surface area (Å²) in [6.07, 6.45) is 8.27. The molecule has 0 bridgehead atoms. The van der Waals surface area contributed by atoms with Crippen molar-refractivity contribution < 1.29 is 4.74 Å². The molecule has 1 aromatic carbocycles. The Balaban J connectivity index is 1.72. The lowest BCUT2D eigenvalue weighted by Crippen LogP contribution is -2.27. The maximum atomic E-state index is 13.4. The normalized spacial score (nSPS) is 19.6. The van der Waals surface area contributed by atoms with Crippen LogP contribution >= 0.6 is 0 Å². The minimum Gasteiger partial charge on any atom is -0.380 e. The van der Waals surface area contributed by atoms with Crippen LogP contribution in [-0.2, 0) is 11.3 Å². The van der Waals surface area contributed by atoms with Gasteiger partial charge < -0.3 is 10.1 Å². The van der Waals surface area contributed by atoms with Gasteiger partial charge in [0.25, 0.3) is 0 Å². The first-order valence-corrected chi connectivity index (χ1v) is 11.5. The molecule has 1 fully saturated rings. The summed E-state index contributed by atoms with van der Waals surface area (Å²) >= 11 is 0. The first-order valence-electron chi connectivity index (χ1n) is 11.5. The van der Waals surface area contributed by atoms with E-state index in [2.05, 4.69) is 17.2 Å². The molecule has 7 nitrogen and oxygen atoms in total. The lowest BCUT2D eigenvalue weighted by Gasteiger charge is -2.26. The van der Waals surface area contributed by atoms with Crippen LogP contribution < -0.4 is 11.0 Å². The minimum absolute atomic E-state index is 0.0785. The largest absolute Gasteiger partial charge is 0.380 e. The van der Waals surface area contributed by atoms with E-state index in [9.17, 15) is 4.79 Å². The molecule has 0 aliphatic heterocycles. The van der Waals surface area contributed by atoms with Crippen molar-refractivity contribution in [2.75, 3.05) is 12.4 Å².